The van der Waals surface area contributed by atoms with Gasteiger partial charge >= 0.3 is 0 Å². The van der Waals surface area contributed by atoms with Crippen molar-refractivity contribution in [2.24, 2.45) is 10.4 Å². The molecule has 2 atom stereocenters. The molecule has 0 bridgehead atoms. The van der Waals surface area contributed by atoms with Crippen LogP contribution in [0.2, 0.25) is 0 Å². The number of hydrogen-bond donors (Lipinski definition) is 2. The third-order valence-electron chi connectivity index (χ3n) is 7.03. The molecule has 3 aliphatic rings. The molecule has 1 spiro atoms. The first kappa shape index (κ1) is 22.8. The highest BCUT2D eigenvalue weighted by Gasteiger charge is 2.59. The van der Waals surface area contributed by atoms with Gasteiger partial charge in [-0.3, -0.25) is 4.99 Å². The van der Waals surface area contributed by atoms with Gasteiger partial charge in [0.2, 0.25) is 0 Å². The zero-order valence-corrected chi connectivity index (χ0v) is 20.3. The Balaban J connectivity index is 0.00000240. The Morgan fingerprint density at radius 3 is 2.83 bits per heavy atom. The van der Waals surface area contributed by atoms with Crippen LogP contribution in [0.3, 0.4) is 0 Å². The number of nitrogens with one attached hydrogen (secondary N) is 2. The second-order valence-electron chi connectivity index (χ2n) is 8.56. The minimum absolute atomic E-state index is 0. The van der Waals surface area contributed by atoms with Crippen molar-refractivity contribution in [3.63, 3.8) is 0 Å². The molecule has 0 saturated heterocycles. The average Bonchev–Trinajstić information content (AvgIpc) is 2.87. The summed E-state index contributed by atoms with van der Waals surface area (Å²) in [7, 11) is 1.86. The first-order chi connectivity index (χ1) is 13.8. The highest BCUT2D eigenvalue weighted by Crippen LogP contribution is 2.57. The van der Waals surface area contributed by atoms with E-state index in [0.29, 0.717) is 17.6 Å². The van der Waals surface area contributed by atoms with E-state index in [-0.39, 0.29) is 24.0 Å². The maximum atomic E-state index is 5.96. The number of fused-ring (bicyclic) bond motifs is 1. The van der Waals surface area contributed by atoms with Crippen LogP contribution in [0, 0.1) is 5.41 Å². The van der Waals surface area contributed by atoms with Gasteiger partial charge in [-0.25, -0.2) is 0 Å². The van der Waals surface area contributed by atoms with E-state index >= 15 is 0 Å². The number of halogens is 1. The number of ether oxygens (including phenoxy) is 1. The summed E-state index contributed by atoms with van der Waals surface area (Å²) >= 11 is 0. The van der Waals surface area contributed by atoms with Crippen LogP contribution in [-0.4, -0.2) is 53.1 Å². The van der Waals surface area contributed by atoms with Crippen molar-refractivity contribution in [2.75, 3.05) is 20.2 Å². The summed E-state index contributed by atoms with van der Waals surface area (Å²) in [5.41, 5.74) is 0.354. The Morgan fingerprint density at radius 2 is 2.10 bits per heavy atom. The number of rotatable bonds is 7. The standard InChI is InChI=1S/C21H36N6O.HI/c1-3-28-17-15-16(21(17)11-8-12-21)24-20(22-2)23-13-7-10-19-26-25-18-9-5-4-6-14-27(18)19;/h16-17H,3-15H2,1-2H3,(H2,22,23,24);1H. The number of aryl methyl sites for hydroxylation is 2. The van der Waals surface area contributed by atoms with Gasteiger partial charge in [-0.05, 0) is 45.4 Å². The lowest BCUT2D eigenvalue weighted by molar-refractivity contribution is -0.168. The molecule has 1 aromatic rings. The highest BCUT2D eigenvalue weighted by atomic mass is 127. The van der Waals surface area contributed by atoms with E-state index in [9.17, 15) is 0 Å². The lowest BCUT2D eigenvalue weighted by atomic mass is 9.51. The van der Waals surface area contributed by atoms with Crippen molar-refractivity contribution in [3.8, 4) is 0 Å². The van der Waals surface area contributed by atoms with Crippen molar-refractivity contribution in [2.45, 2.75) is 89.8 Å². The van der Waals surface area contributed by atoms with Gasteiger partial charge in [0, 0.05) is 51.0 Å². The fraction of sp³-hybridized carbons (Fsp3) is 0.857. The molecule has 2 fully saturated rings. The van der Waals surface area contributed by atoms with Crippen LogP contribution in [0.15, 0.2) is 4.99 Å². The molecule has 1 aliphatic heterocycles. The first-order valence-corrected chi connectivity index (χ1v) is 11.3. The fourth-order valence-corrected chi connectivity index (χ4v) is 5.18. The lowest BCUT2D eigenvalue weighted by Crippen LogP contribution is -2.68. The topological polar surface area (TPSA) is 76.4 Å². The van der Waals surface area contributed by atoms with Crippen molar-refractivity contribution < 1.29 is 4.74 Å². The summed E-state index contributed by atoms with van der Waals surface area (Å²) in [6.07, 6.45) is 12.3. The largest absolute Gasteiger partial charge is 0.378 e. The molecule has 0 aromatic carbocycles. The van der Waals surface area contributed by atoms with E-state index in [4.69, 9.17) is 4.74 Å². The Morgan fingerprint density at radius 1 is 1.24 bits per heavy atom. The summed E-state index contributed by atoms with van der Waals surface area (Å²) in [6.45, 7) is 4.90. The molecule has 0 radical (unpaired) electrons. The molecule has 0 amide bonds. The van der Waals surface area contributed by atoms with E-state index in [2.05, 4.69) is 37.3 Å². The van der Waals surface area contributed by atoms with Crippen LogP contribution in [0.5, 0.6) is 0 Å². The zero-order chi connectivity index (χ0) is 19.4. The number of hydrogen-bond acceptors (Lipinski definition) is 4. The van der Waals surface area contributed by atoms with Crippen molar-refractivity contribution in [1.82, 2.24) is 25.4 Å². The maximum absolute atomic E-state index is 5.96. The van der Waals surface area contributed by atoms with Gasteiger partial charge in [0.25, 0.3) is 0 Å². The van der Waals surface area contributed by atoms with Crippen LogP contribution in [0.1, 0.15) is 69.9 Å². The second-order valence-corrected chi connectivity index (χ2v) is 8.56. The quantitative estimate of drug-likeness (QED) is 0.252. The summed E-state index contributed by atoms with van der Waals surface area (Å²) < 4.78 is 8.31. The third-order valence-corrected chi connectivity index (χ3v) is 7.03. The number of aromatic nitrogens is 3. The predicted molar refractivity (Wildman–Crippen MR) is 126 cm³/mol. The normalized spacial score (nSPS) is 25.2. The van der Waals surface area contributed by atoms with Gasteiger partial charge in [-0.1, -0.05) is 12.8 Å². The molecule has 164 valence electrons. The van der Waals surface area contributed by atoms with Gasteiger partial charge in [0.05, 0.1) is 6.10 Å². The van der Waals surface area contributed by atoms with E-state index in [1.54, 1.807) is 0 Å². The van der Waals surface area contributed by atoms with Gasteiger partial charge in [0.15, 0.2) is 5.96 Å². The summed E-state index contributed by atoms with van der Waals surface area (Å²) in [6, 6.07) is 0.497. The first-order valence-electron chi connectivity index (χ1n) is 11.3. The molecular weight excluding hydrogens is 479 g/mol. The van der Waals surface area contributed by atoms with Crippen LogP contribution in [0.4, 0.5) is 0 Å². The highest BCUT2D eigenvalue weighted by molar-refractivity contribution is 14.0. The summed E-state index contributed by atoms with van der Waals surface area (Å²) in [5, 5.41) is 16.0. The maximum Gasteiger partial charge on any atom is 0.191 e. The van der Waals surface area contributed by atoms with Gasteiger partial charge in [-0.2, -0.15) is 0 Å². The van der Waals surface area contributed by atoms with E-state index in [1.165, 1.54) is 44.3 Å². The van der Waals surface area contributed by atoms with Gasteiger partial charge in [-0.15, -0.1) is 34.2 Å². The molecule has 2 heterocycles. The van der Waals surface area contributed by atoms with E-state index in [0.717, 1.165) is 57.2 Å². The molecule has 2 N–H and O–H groups in total. The Bertz CT molecular complexity index is 687. The Kier molecular flexibility index (Phi) is 8.18. The fourth-order valence-electron chi connectivity index (χ4n) is 5.18. The average molecular weight is 516 g/mol. The zero-order valence-electron chi connectivity index (χ0n) is 18.0. The predicted octanol–water partition coefficient (Wildman–Crippen LogP) is 3.07. The van der Waals surface area contributed by atoms with Crippen LogP contribution in [0.25, 0.3) is 0 Å². The molecule has 4 rings (SSSR count). The van der Waals surface area contributed by atoms with Crippen molar-refractivity contribution in [3.05, 3.63) is 11.6 Å². The van der Waals surface area contributed by atoms with Crippen LogP contribution < -0.4 is 10.6 Å². The number of guanidine groups is 1. The van der Waals surface area contributed by atoms with E-state index in [1.807, 2.05) is 7.05 Å². The summed E-state index contributed by atoms with van der Waals surface area (Å²) in [5.74, 6) is 3.25. The Labute approximate surface area is 191 Å². The van der Waals surface area contributed by atoms with Crippen LogP contribution in [-0.2, 0) is 24.1 Å². The third kappa shape index (κ3) is 4.73. The molecule has 2 saturated carbocycles. The number of aliphatic imine (C=N–C) groups is 1. The smallest absolute Gasteiger partial charge is 0.191 e. The van der Waals surface area contributed by atoms with E-state index < -0.39 is 0 Å². The molecular formula is C21H37IN6O. The van der Waals surface area contributed by atoms with Gasteiger partial charge in [0.1, 0.15) is 11.6 Å². The van der Waals surface area contributed by atoms with Gasteiger partial charge < -0.3 is 19.9 Å². The molecule has 8 heteroatoms. The van der Waals surface area contributed by atoms with Crippen LogP contribution >= 0.6 is 24.0 Å². The molecule has 2 unspecified atom stereocenters. The minimum atomic E-state index is 0. The molecule has 1 aromatic heterocycles. The number of nitrogens with zero attached hydrogens (tertiary/aromatic N) is 4. The van der Waals surface area contributed by atoms with Crippen molar-refractivity contribution >= 4 is 29.9 Å². The second kappa shape index (κ2) is 10.4. The molecule has 7 nitrogen and oxygen atoms in total. The Hall–Kier alpha value is -0.900. The summed E-state index contributed by atoms with van der Waals surface area (Å²) in [4.78, 5) is 4.44. The molecule has 2 aliphatic carbocycles. The monoisotopic (exact) mass is 516 g/mol. The SMILES string of the molecule is CCOC1CC(NC(=NC)NCCCc2nnc3n2CCCCC3)C12CCC2.I. The molecule has 29 heavy (non-hydrogen) atoms. The lowest BCUT2D eigenvalue weighted by Gasteiger charge is -2.61. The minimum Gasteiger partial charge on any atom is -0.378 e. The van der Waals surface area contributed by atoms with Crippen molar-refractivity contribution in [1.29, 1.82) is 0 Å².